The molecule has 0 radical (unpaired) electrons. The zero-order valence-corrected chi connectivity index (χ0v) is 23.3. The highest BCUT2D eigenvalue weighted by Gasteiger charge is 2.19. The van der Waals surface area contributed by atoms with E-state index >= 15 is 0 Å². The van der Waals surface area contributed by atoms with Gasteiger partial charge in [-0.15, -0.1) is 0 Å². The van der Waals surface area contributed by atoms with Crippen LogP contribution in [0.1, 0.15) is 0 Å². The molecule has 0 fully saturated rings. The molecule has 1 aliphatic heterocycles. The molecule has 5 aromatic carbocycles. The molecule has 0 bridgehead atoms. The molecule has 204 valence electrons. The van der Waals surface area contributed by atoms with E-state index in [0.717, 1.165) is 46.6 Å². The fraction of sp³-hybridized carbons (Fsp3) is 0.0541. The van der Waals surface area contributed by atoms with Gasteiger partial charge in [-0.25, -0.2) is 4.98 Å². The van der Waals surface area contributed by atoms with Crippen molar-refractivity contribution in [3.63, 3.8) is 0 Å². The van der Waals surface area contributed by atoms with Crippen LogP contribution >= 0.6 is 0 Å². The van der Waals surface area contributed by atoms with Gasteiger partial charge in [0.1, 0.15) is 17.3 Å². The molecule has 1 aromatic heterocycles. The van der Waals surface area contributed by atoms with E-state index in [0.29, 0.717) is 0 Å². The molecule has 7 rings (SSSR count). The van der Waals surface area contributed by atoms with Crippen molar-refractivity contribution in [1.29, 1.82) is 0 Å². The van der Waals surface area contributed by atoms with Gasteiger partial charge in [0.2, 0.25) is 0 Å². The quantitative estimate of drug-likeness (QED) is 0.199. The van der Waals surface area contributed by atoms with Gasteiger partial charge in [-0.2, -0.15) is 0 Å². The molecule has 42 heavy (non-hydrogen) atoms. The number of benzene rings is 5. The second-order valence-corrected chi connectivity index (χ2v) is 10.3. The number of aromatic nitrogens is 1. The number of anilines is 4. The minimum absolute atomic E-state index is 0.752. The highest BCUT2D eigenvalue weighted by molar-refractivity contribution is 6.01. The molecule has 5 nitrogen and oxygen atoms in total. The lowest BCUT2D eigenvalue weighted by Crippen LogP contribution is -2.21. The Labute approximate surface area is 246 Å². The first-order chi connectivity index (χ1) is 20.7. The fourth-order valence-electron chi connectivity index (χ4n) is 5.48. The smallest absolute Gasteiger partial charge is 0.137 e. The molecule has 0 atom stereocenters. The molecule has 1 aliphatic rings. The Bertz CT molecular complexity index is 1880. The summed E-state index contributed by atoms with van der Waals surface area (Å²) in [5.74, 6) is 2.37. The van der Waals surface area contributed by atoms with Crippen LogP contribution in [-0.2, 0) is 0 Å². The zero-order chi connectivity index (χ0) is 28.3. The average Bonchev–Trinajstić information content (AvgIpc) is 3.48. The average molecular weight is 547 g/mol. The van der Waals surface area contributed by atoms with Gasteiger partial charge in [0.05, 0.1) is 18.0 Å². The summed E-state index contributed by atoms with van der Waals surface area (Å²) >= 11 is 0. The van der Waals surface area contributed by atoms with Gasteiger partial charge in [0, 0.05) is 49.0 Å². The lowest BCUT2D eigenvalue weighted by atomic mass is 9.96. The van der Waals surface area contributed by atoms with Gasteiger partial charge >= 0.3 is 0 Å². The van der Waals surface area contributed by atoms with Crippen LogP contribution in [0, 0.1) is 0 Å². The van der Waals surface area contributed by atoms with E-state index in [1.165, 1.54) is 16.3 Å². The van der Waals surface area contributed by atoms with E-state index < -0.39 is 0 Å². The summed E-state index contributed by atoms with van der Waals surface area (Å²) in [6.45, 7) is 0.814. The Hall–Kier alpha value is -5.55. The number of nitrogens with zero attached hydrogens (tertiary/aromatic N) is 4. The number of para-hydroxylation sites is 1. The maximum Gasteiger partial charge on any atom is 0.137 e. The van der Waals surface area contributed by atoms with Crippen LogP contribution in [0.15, 0.2) is 152 Å². The van der Waals surface area contributed by atoms with Gasteiger partial charge in [0.15, 0.2) is 0 Å². The summed E-state index contributed by atoms with van der Waals surface area (Å²) in [6.07, 6.45) is 5.98. The first kappa shape index (κ1) is 25.4. The molecule has 0 aliphatic carbocycles. The molecule has 0 saturated carbocycles. The Morgan fingerprint density at radius 2 is 1.40 bits per heavy atom. The van der Waals surface area contributed by atoms with Crippen LogP contribution < -0.4 is 14.5 Å². The highest BCUT2D eigenvalue weighted by atomic mass is 16.5. The number of fused-ring (bicyclic) bond motifs is 1. The topological polar surface area (TPSA) is 31.8 Å². The van der Waals surface area contributed by atoms with Crippen molar-refractivity contribution in [3.05, 3.63) is 152 Å². The lowest BCUT2D eigenvalue weighted by molar-refractivity contribution is 0.481. The highest BCUT2D eigenvalue weighted by Crippen LogP contribution is 2.42. The molecule has 2 heterocycles. The molecule has 5 heteroatoms. The summed E-state index contributed by atoms with van der Waals surface area (Å²) in [5, 5.41) is 2.42. The number of ether oxygens (including phenoxy) is 1. The van der Waals surface area contributed by atoms with E-state index in [9.17, 15) is 0 Å². The molecule has 0 unspecified atom stereocenters. The third-order valence-corrected chi connectivity index (χ3v) is 7.44. The van der Waals surface area contributed by atoms with Crippen molar-refractivity contribution < 1.29 is 4.74 Å². The SMILES string of the molecule is CN1C=CN(c2cccc(Oc3cccc(N(c4ccccn4)c4ccccc4-c4cccc5ccccc45)c3)c2)C1. The summed E-state index contributed by atoms with van der Waals surface area (Å²) in [6, 6.07) is 45.9. The van der Waals surface area contributed by atoms with Crippen LogP contribution in [0.2, 0.25) is 0 Å². The zero-order valence-electron chi connectivity index (χ0n) is 23.3. The van der Waals surface area contributed by atoms with Gasteiger partial charge < -0.3 is 14.5 Å². The Morgan fingerprint density at radius 1 is 0.667 bits per heavy atom. The van der Waals surface area contributed by atoms with Crippen molar-refractivity contribution >= 4 is 33.7 Å². The molecule has 0 N–H and O–H groups in total. The van der Waals surface area contributed by atoms with Crippen LogP contribution in [0.3, 0.4) is 0 Å². The molecule has 6 aromatic rings. The van der Waals surface area contributed by atoms with E-state index in [1.807, 2.05) is 48.7 Å². The van der Waals surface area contributed by atoms with E-state index in [2.05, 4.69) is 125 Å². The van der Waals surface area contributed by atoms with Crippen LogP contribution in [0.4, 0.5) is 22.9 Å². The molecular weight excluding hydrogens is 516 g/mol. The summed E-state index contributed by atoms with van der Waals surface area (Å²) in [7, 11) is 2.06. The molecular formula is C37H30N4O. The van der Waals surface area contributed by atoms with Crippen molar-refractivity contribution in [2.24, 2.45) is 0 Å². The van der Waals surface area contributed by atoms with Gasteiger partial charge in [-0.05, 0) is 58.8 Å². The van der Waals surface area contributed by atoms with E-state index in [4.69, 9.17) is 9.72 Å². The molecule has 0 saturated heterocycles. The number of hydrogen-bond donors (Lipinski definition) is 0. The van der Waals surface area contributed by atoms with Crippen molar-refractivity contribution in [3.8, 4) is 22.6 Å². The molecule has 0 amide bonds. The first-order valence-electron chi connectivity index (χ1n) is 14.0. The van der Waals surface area contributed by atoms with Crippen molar-refractivity contribution in [1.82, 2.24) is 9.88 Å². The number of rotatable bonds is 7. The predicted octanol–water partition coefficient (Wildman–Crippen LogP) is 9.34. The first-order valence-corrected chi connectivity index (χ1v) is 14.0. The van der Waals surface area contributed by atoms with Crippen LogP contribution in [0.25, 0.3) is 21.9 Å². The maximum absolute atomic E-state index is 6.43. The van der Waals surface area contributed by atoms with Gasteiger partial charge in [-0.1, -0.05) is 78.9 Å². The Kier molecular flexibility index (Phi) is 6.74. The fourth-order valence-corrected chi connectivity index (χ4v) is 5.48. The van der Waals surface area contributed by atoms with Crippen LogP contribution in [0.5, 0.6) is 11.5 Å². The Balaban J connectivity index is 1.30. The molecule has 0 spiro atoms. The summed E-state index contributed by atoms with van der Waals surface area (Å²) in [4.78, 5) is 11.3. The number of hydrogen-bond acceptors (Lipinski definition) is 5. The van der Waals surface area contributed by atoms with Crippen molar-refractivity contribution in [2.45, 2.75) is 0 Å². The third-order valence-electron chi connectivity index (χ3n) is 7.44. The van der Waals surface area contributed by atoms with Gasteiger partial charge in [0.25, 0.3) is 0 Å². The predicted molar refractivity (Wildman–Crippen MR) is 173 cm³/mol. The standard InChI is InChI=1S/C37H30N4O/c1-39-23-24-40(27-39)29-13-9-15-31(25-29)42-32-16-10-14-30(26-32)41(37-21-6-7-22-38-37)36-20-5-4-18-35(36)34-19-8-12-28-11-2-3-17-33(28)34/h2-26H,27H2,1H3. The van der Waals surface area contributed by atoms with Gasteiger partial charge in [-0.3, -0.25) is 4.90 Å². The normalized spacial score (nSPS) is 12.6. The van der Waals surface area contributed by atoms with E-state index in [1.54, 1.807) is 0 Å². The second-order valence-electron chi connectivity index (χ2n) is 10.3. The lowest BCUT2D eigenvalue weighted by Gasteiger charge is -2.27. The largest absolute Gasteiger partial charge is 0.457 e. The number of pyridine rings is 1. The summed E-state index contributed by atoms with van der Waals surface area (Å²) < 4.78 is 6.43. The minimum Gasteiger partial charge on any atom is -0.457 e. The van der Waals surface area contributed by atoms with Crippen molar-refractivity contribution in [2.75, 3.05) is 23.5 Å². The second kappa shape index (κ2) is 11.1. The van der Waals surface area contributed by atoms with E-state index in [-0.39, 0.29) is 0 Å². The monoisotopic (exact) mass is 546 g/mol. The minimum atomic E-state index is 0.752. The summed E-state index contributed by atoms with van der Waals surface area (Å²) in [5.41, 5.74) is 5.39. The van der Waals surface area contributed by atoms with Crippen LogP contribution in [-0.4, -0.2) is 23.6 Å². The Morgan fingerprint density at radius 3 is 2.26 bits per heavy atom. The third kappa shape index (κ3) is 5.04. The maximum atomic E-state index is 6.43.